The van der Waals surface area contributed by atoms with Gasteiger partial charge in [0.1, 0.15) is 5.75 Å². The predicted octanol–water partition coefficient (Wildman–Crippen LogP) is 2.99. The van der Waals surface area contributed by atoms with Crippen molar-refractivity contribution in [3.05, 3.63) is 53.5 Å². The fourth-order valence-corrected chi connectivity index (χ4v) is 3.82. The zero-order valence-electron chi connectivity index (χ0n) is 13.8. The summed E-state index contributed by atoms with van der Waals surface area (Å²) in [5, 5.41) is 0. The highest BCUT2D eigenvalue weighted by Crippen LogP contribution is 2.42. The van der Waals surface area contributed by atoms with Gasteiger partial charge >= 0.3 is 0 Å². The van der Waals surface area contributed by atoms with Crippen LogP contribution in [0.5, 0.6) is 5.75 Å². The molecule has 126 valence electrons. The van der Waals surface area contributed by atoms with Gasteiger partial charge in [0.2, 0.25) is 0 Å². The SMILES string of the molecule is COc1ccc2c(c1)CCOC21CCN(C(=O)c2ccco2)CC1. The molecular weight excluding hydrogens is 306 g/mol. The van der Waals surface area contributed by atoms with Crippen molar-refractivity contribution in [3.8, 4) is 5.75 Å². The Balaban J connectivity index is 1.54. The average molecular weight is 327 g/mol. The molecule has 0 radical (unpaired) electrons. The number of ether oxygens (including phenoxy) is 2. The van der Waals surface area contributed by atoms with Crippen LogP contribution in [0.1, 0.15) is 34.5 Å². The van der Waals surface area contributed by atoms with E-state index in [2.05, 4.69) is 12.1 Å². The highest BCUT2D eigenvalue weighted by molar-refractivity contribution is 5.91. The van der Waals surface area contributed by atoms with E-state index in [4.69, 9.17) is 13.9 Å². The number of amides is 1. The Morgan fingerprint density at radius 2 is 2.08 bits per heavy atom. The van der Waals surface area contributed by atoms with E-state index in [9.17, 15) is 4.79 Å². The molecule has 2 aromatic rings. The molecule has 2 aliphatic heterocycles. The van der Waals surface area contributed by atoms with Crippen LogP contribution in [0.25, 0.3) is 0 Å². The summed E-state index contributed by atoms with van der Waals surface area (Å²) in [5.41, 5.74) is 2.27. The molecule has 1 spiro atoms. The Morgan fingerprint density at radius 1 is 1.25 bits per heavy atom. The van der Waals surface area contributed by atoms with E-state index in [1.165, 1.54) is 17.4 Å². The first-order valence-corrected chi connectivity index (χ1v) is 8.36. The number of carbonyl (C=O) groups excluding carboxylic acids is 1. The number of methoxy groups -OCH3 is 1. The minimum atomic E-state index is -0.278. The first-order chi connectivity index (χ1) is 11.7. The molecule has 1 aromatic heterocycles. The lowest BCUT2D eigenvalue weighted by Gasteiger charge is -2.45. The number of hydrogen-bond acceptors (Lipinski definition) is 4. The third-order valence-corrected chi connectivity index (χ3v) is 5.14. The van der Waals surface area contributed by atoms with E-state index in [0.29, 0.717) is 25.5 Å². The van der Waals surface area contributed by atoms with Crippen molar-refractivity contribution in [3.63, 3.8) is 0 Å². The molecule has 4 rings (SSSR count). The van der Waals surface area contributed by atoms with Crippen molar-refractivity contribution in [2.45, 2.75) is 24.9 Å². The normalized spacial score (nSPS) is 19.1. The van der Waals surface area contributed by atoms with Crippen LogP contribution in [0.4, 0.5) is 0 Å². The van der Waals surface area contributed by atoms with E-state index in [0.717, 1.165) is 25.0 Å². The highest BCUT2D eigenvalue weighted by Gasteiger charge is 2.42. The lowest BCUT2D eigenvalue weighted by Crippen LogP contribution is -2.48. The summed E-state index contributed by atoms with van der Waals surface area (Å²) in [7, 11) is 1.69. The summed E-state index contributed by atoms with van der Waals surface area (Å²) in [6.07, 6.45) is 4.05. The van der Waals surface area contributed by atoms with Gasteiger partial charge in [-0.05, 0) is 54.7 Å². The molecule has 1 saturated heterocycles. The molecule has 1 fully saturated rings. The molecule has 0 N–H and O–H groups in total. The van der Waals surface area contributed by atoms with Crippen molar-refractivity contribution in [1.29, 1.82) is 0 Å². The summed E-state index contributed by atoms with van der Waals surface area (Å²) in [6.45, 7) is 2.06. The van der Waals surface area contributed by atoms with Crippen LogP contribution in [0.3, 0.4) is 0 Å². The Hall–Kier alpha value is -2.27. The molecule has 0 aliphatic carbocycles. The van der Waals surface area contributed by atoms with Gasteiger partial charge in [0.15, 0.2) is 5.76 Å². The molecule has 0 unspecified atom stereocenters. The standard InChI is InChI=1S/C19H21NO4/c1-22-15-4-5-16-14(13-15)6-12-24-19(16)7-9-20(10-8-19)18(21)17-3-2-11-23-17/h2-5,11,13H,6-10,12H2,1H3. The van der Waals surface area contributed by atoms with Crippen LogP contribution in [0, 0.1) is 0 Å². The van der Waals surface area contributed by atoms with Crippen LogP contribution in [-0.2, 0) is 16.8 Å². The molecule has 0 saturated carbocycles. The second kappa shape index (κ2) is 5.98. The van der Waals surface area contributed by atoms with E-state index >= 15 is 0 Å². The second-order valence-electron chi connectivity index (χ2n) is 6.39. The third kappa shape index (κ3) is 2.49. The highest BCUT2D eigenvalue weighted by atomic mass is 16.5. The van der Waals surface area contributed by atoms with Gasteiger partial charge < -0.3 is 18.8 Å². The van der Waals surface area contributed by atoms with Crippen molar-refractivity contribution in [2.24, 2.45) is 0 Å². The molecule has 5 nitrogen and oxygen atoms in total. The van der Waals surface area contributed by atoms with Gasteiger partial charge in [-0.15, -0.1) is 0 Å². The number of carbonyl (C=O) groups is 1. The fourth-order valence-electron chi connectivity index (χ4n) is 3.82. The fraction of sp³-hybridized carbons (Fsp3) is 0.421. The van der Waals surface area contributed by atoms with Gasteiger partial charge in [0, 0.05) is 13.1 Å². The van der Waals surface area contributed by atoms with Crippen LogP contribution in [-0.4, -0.2) is 37.6 Å². The number of likely N-dealkylation sites (tertiary alicyclic amines) is 1. The number of benzene rings is 1. The molecule has 5 heteroatoms. The van der Waals surface area contributed by atoms with Gasteiger partial charge in [-0.1, -0.05) is 6.07 Å². The van der Waals surface area contributed by atoms with E-state index in [-0.39, 0.29) is 11.5 Å². The van der Waals surface area contributed by atoms with Crippen LogP contribution >= 0.6 is 0 Å². The topological polar surface area (TPSA) is 51.9 Å². The maximum atomic E-state index is 12.4. The lowest BCUT2D eigenvalue weighted by atomic mass is 9.79. The van der Waals surface area contributed by atoms with Crippen LogP contribution < -0.4 is 4.74 Å². The predicted molar refractivity (Wildman–Crippen MR) is 88.2 cm³/mol. The number of fused-ring (bicyclic) bond motifs is 2. The van der Waals surface area contributed by atoms with Crippen molar-refractivity contribution >= 4 is 5.91 Å². The molecule has 1 amide bonds. The maximum absolute atomic E-state index is 12.4. The summed E-state index contributed by atoms with van der Waals surface area (Å²) in [6, 6.07) is 9.69. The molecule has 0 atom stereocenters. The number of furan rings is 1. The molecule has 3 heterocycles. The summed E-state index contributed by atoms with van der Waals surface area (Å²) in [5.74, 6) is 1.25. The van der Waals surface area contributed by atoms with Gasteiger partial charge in [0.05, 0.1) is 25.6 Å². The maximum Gasteiger partial charge on any atom is 0.289 e. The largest absolute Gasteiger partial charge is 0.497 e. The summed E-state index contributed by atoms with van der Waals surface area (Å²) < 4.78 is 16.8. The van der Waals surface area contributed by atoms with Crippen LogP contribution in [0.15, 0.2) is 41.0 Å². The number of nitrogens with zero attached hydrogens (tertiary/aromatic N) is 1. The van der Waals surface area contributed by atoms with Gasteiger partial charge in [-0.2, -0.15) is 0 Å². The van der Waals surface area contributed by atoms with Gasteiger partial charge in [0.25, 0.3) is 5.91 Å². The van der Waals surface area contributed by atoms with Crippen molar-refractivity contribution < 1.29 is 18.7 Å². The van der Waals surface area contributed by atoms with Crippen LogP contribution in [0.2, 0.25) is 0 Å². The first kappa shape index (κ1) is 15.3. The lowest BCUT2D eigenvalue weighted by molar-refractivity contribution is -0.0937. The smallest absolute Gasteiger partial charge is 0.289 e. The Labute approximate surface area is 141 Å². The molecule has 0 bridgehead atoms. The second-order valence-corrected chi connectivity index (χ2v) is 6.39. The zero-order chi connectivity index (χ0) is 16.6. The summed E-state index contributed by atoms with van der Waals surface area (Å²) >= 11 is 0. The molecule has 2 aliphatic rings. The molecular formula is C19H21NO4. The quantitative estimate of drug-likeness (QED) is 0.851. The van der Waals surface area contributed by atoms with Gasteiger partial charge in [-0.3, -0.25) is 4.79 Å². The van der Waals surface area contributed by atoms with Crippen molar-refractivity contribution in [1.82, 2.24) is 4.90 Å². The number of rotatable bonds is 2. The number of hydrogen-bond donors (Lipinski definition) is 0. The third-order valence-electron chi connectivity index (χ3n) is 5.14. The first-order valence-electron chi connectivity index (χ1n) is 8.36. The minimum absolute atomic E-state index is 0.0411. The Kier molecular flexibility index (Phi) is 3.81. The average Bonchev–Trinajstić information content (AvgIpc) is 3.16. The van der Waals surface area contributed by atoms with E-state index < -0.39 is 0 Å². The van der Waals surface area contributed by atoms with Gasteiger partial charge in [-0.25, -0.2) is 0 Å². The zero-order valence-corrected chi connectivity index (χ0v) is 13.8. The van der Waals surface area contributed by atoms with E-state index in [1.807, 2.05) is 11.0 Å². The molecule has 24 heavy (non-hydrogen) atoms. The molecule has 1 aromatic carbocycles. The van der Waals surface area contributed by atoms with Crippen molar-refractivity contribution in [2.75, 3.05) is 26.8 Å². The Bertz CT molecular complexity index is 730. The monoisotopic (exact) mass is 327 g/mol. The minimum Gasteiger partial charge on any atom is -0.497 e. The summed E-state index contributed by atoms with van der Waals surface area (Å²) in [4.78, 5) is 14.3. The van der Waals surface area contributed by atoms with E-state index in [1.54, 1.807) is 19.2 Å². The Morgan fingerprint density at radius 3 is 2.79 bits per heavy atom. The number of piperidine rings is 1.